The first-order chi connectivity index (χ1) is 7.33. The number of aldehydes is 1. The van der Waals surface area contributed by atoms with Crippen LogP contribution in [0.4, 0.5) is 5.69 Å². The van der Waals surface area contributed by atoms with Crippen molar-refractivity contribution in [1.29, 1.82) is 0 Å². The maximum Gasteiger partial charge on any atom is 0.126 e. The highest BCUT2D eigenvalue weighted by molar-refractivity contribution is 5.60. The molecule has 0 aromatic carbocycles. The van der Waals surface area contributed by atoms with E-state index in [-0.39, 0.29) is 6.42 Å². The Balaban J connectivity index is 2.49. The minimum Gasteiger partial charge on any atom is -0.396 e. The van der Waals surface area contributed by atoms with Crippen molar-refractivity contribution in [2.45, 2.75) is 6.42 Å². The lowest BCUT2D eigenvalue weighted by atomic mass is 10.3. The molecule has 76 valence electrons. The van der Waals surface area contributed by atoms with E-state index in [1.807, 2.05) is 6.07 Å². The SMILES string of the molecule is Nc1cnn(-c2cccnc2)c1CC=O. The van der Waals surface area contributed by atoms with Gasteiger partial charge >= 0.3 is 0 Å². The molecule has 5 nitrogen and oxygen atoms in total. The lowest BCUT2D eigenvalue weighted by Gasteiger charge is -2.04. The zero-order chi connectivity index (χ0) is 10.7. The number of hydrogen-bond acceptors (Lipinski definition) is 4. The van der Waals surface area contributed by atoms with E-state index in [0.29, 0.717) is 11.4 Å². The molecule has 2 heterocycles. The molecule has 0 saturated heterocycles. The van der Waals surface area contributed by atoms with Crippen molar-refractivity contribution in [1.82, 2.24) is 14.8 Å². The average Bonchev–Trinajstić information content (AvgIpc) is 2.63. The highest BCUT2D eigenvalue weighted by Gasteiger charge is 2.08. The molecule has 2 N–H and O–H groups in total. The van der Waals surface area contributed by atoms with Crippen molar-refractivity contribution in [3.8, 4) is 5.69 Å². The number of rotatable bonds is 3. The van der Waals surface area contributed by atoms with Crippen LogP contribution in [-0.4, -0.2) is 21.1 Å². The molecule has 2 aromatic heterocycles. The maximum absolute atomic E-state index is 10.5. The molecule has 0 aliphatic heterocycles. The van der Waals surface area contributed by atoms with Gasteiger partial charge in [0.2, 0.25) is 0 Å². The monoisotopic (exact) mass is 202 g/mol. The Morgan fingerprint density at radius 3 is 3.00 bits per heavy atom. The van der Waals surface area contributed by atoms with Crippen LogP contribution in [0.5, 0.6) is 0 Å². The summed E-state index contributed by atoms with van der Waals surface area (Å²) >= 11 is 0. The highest BCUT2D eigenvalue weighted by Crippen LogP contribution is 2.15. The summed E-state index contributed by atoms with van der Waals surface area (Å²) in [5, 5.41) is 4.10. The van der Waals surface area contributed by atoms with Crippen LogP contribution in [0, 0.1) is 0 Å². The van der Waals surface area contributed by atoms with Gasteiger partial charge in [-0.25, -0.2) is 4.68 Å². The molecule has 0 bridgehead atoms. The third-order valence-corrected chi connectivity index (χ3v) is 2.07. The van der Waals surface area contributed by atoms with Crippen molar-refractivity contribution in [2.75, 3.05) is 5.73 Å². The molecule has 5 heteroatoms. The molecule has 0 atom stereocenters. The fourth-order valence-electron chi connectivity index (χ4n) is 1.37. The second-order valence-corrected chi connectivity index (χ2v) is 3.04. The molecule has 15 heavy (non-hydrogen) atoms. The van der Waals surface area contributed by atoms with Crippen molar-refractivity contribution in [2.24, 2.45) is 0 Å². The van der Waals surface area contributed by atoms with Gasteiger partial charge in [-0.15, -0.1) is 0 Å². The van der Waals surface area contributed by atoms with Gasteiger partial charge in [0.1, 0.15) is 6.29 Å². The number of hydrogen-bond donors (Lipinski definition) is 1. The van der Waals surface area contributed by atoms with E-state index >= 15 is 0 Å². The Morgan fingerprint density at radius 1 is 1.47 bits per heavy atom. The molecule has 2 rings (SSSR count). The van der Waals surface area contributed by atoms with Crippen molar-refractivity contribution >= 4 is 12.0 Å². The summed E-state index contributed by atoms with van der Waals surface area (Å²) in [5.41, 5.74) is 7.71. The van der Waals surface area contributed by atoms with Crippen LogP contribution >= 0.6 is 0 Å². The molecule has 0 spiro atoms. The fourth-order valence-corrected chi connectivity index (χ4v) is 1.37. The van der Waals surface area contributed by atoms with E-state index in [2.05, 4.69) is 10.1 Å². The zero-order valence-corrected chi connectivity index (χ0v) is 8.00. The van der Waals surface area contributed by atoms with Crippen molar-refractivity contribution < 1.29 is 4.79 Å². The number of pyridine rings is 1. The third kappa shape index (κ3) is 1.71. The van der Waals surface area contributed by atoms with E-state index in [1.165, 1.54) is 6.20 Å². The van der Waals surface area contributed by atoms with E-state index in [4.69, 9.17) is 5.73 Å². The molecule has 0 aliphatic carbocycles. The Hall–Kier alpha value is -2.17. The summed E-state index contributed by atoms with van der Waals surface area (Å²) in [5.74, 6) is 0. The third-order valence-electron chi connectivity index (χ3n) is 2.07. The lowest BCUT2D eigenvalue weighted by molar-refractivity contribution is -0.107. The van der Waals surface area contributed by atoms with Gasteiger partial charge in [0, 0.05) is 12.6 Å². The van der Waals surface area contributed by atoms with Crippen LogP contribution in [0.2, 0.25) is 0 Å². The first-order valence-electron chi connectivity index (χ1n) is 4.49. The topological polar surface area (TPSA) is 73.8 Å². The first-order valence-corrected chi connectivity index (χ1v) is 4.49. The molecule has 0 fully saturated rings. The summed E-state index contributed by atoms with van der Waals surface area (Å²) in [4.78, 5) is 14.5. The number of carbonyl (C=O) groups is 1. The zero-order valence-electron chi connectivity index (χ0n) is 8.00. The van der Waals surface area contributed by atoms with E-state index in [1.54, 1.807) is 23.1 Å². The molecular formula is C10H10N4O. The van der Waals surface area contributed by atoms with Crippen LogP contribution in [0.1, 0.15) is 5.69 Å². The molecule has 0 amide bonds. The number of nitrogen functional groups attached to an aromatic ring is 1. The second-order valence-electron chi connectivity index (χ2n) is 3.04. The quantitative estimate of drug-likeness (QED) is 0.739. The average molecular weight is 202 g/mol. The summed E-state index contributed by atoms with van der Waals surface area (Å²) < 4.78 is 1.62. The summed E-state index contributed by atoms with van der Waals surface area (Å²) in [7, 11) is 0. The standard InChI is InChI=1S/C10H10N4O/c11-9-7-13-14(10(9)3-5-15)8-2-1-4-12-6-8/h1-2,4-7H,3,11H2. The highest BCUT2D eigenvalue weighted by atomic mass is 16.1. The number of aromatic nitrogens is 3. The Kier molecular flexibility index (Phi) is 2.45. The van der Waals surface area contributed by atoms with Gasteiger partial charge in [-0.05, 0) is 12.1 Å². The molecule has 2 aromatic rings. The predicted molar refractivity (Wildman–Crippen MR) is 55.5 cm³/mol. The van der Waals surface area contributed by atoms with Gasteiger partial charge in [0.25, 0.3) is 0 Å². The number of anilines is 1. The Morgan fingerprint density at radius 2 is 2.33 bits per heavy atom. The largest absolute Gasteiger partial charge is 0.396 e. The normalized spacial score (nSPS) is 10.1. The van der Waals surface area contributed by atoms with Gasteiger partial charge < -0.3 is 10.5 Å². The van der Waals surface area contributed by atoms with Crippen LogP contribution in [0.3, 0.4) is 0 Å². The molecule has 0 aliphatic rings. The molecule has 0 radical (unpaired) electrons. The summed E-state index contributed by atoms with van der Waals surface area (Å²) in [6, 6.07) is 3.66. The van der Waals surface area contributed by atoms with E-state index in [0.717, 1.165) is 12.0 Å². The van der Waals surface area contributed by atoms with Gasteiger partial charge in [0.05, 0.1) is 29.5 Å². The van der Waals surface area contributed by atoms with Gasteiger partial charge in [-0.3, -0.25) is 4.98 Å². The van der Waals surface area contributed by atoms with Crippen LogP contribution < -0.4 is 5.73 Å². The Bertz CT molecular complexity index is 464. The number of nitrogens with zero attached hydrogens (tertiary/aromatic N) is 3. The van der Waals surface area contributed by atoms with Crippen LogP contribution in [-0.2, 0) is 11.2 Å². The molecular weight excluding hydrogens is 192 g/mol. The summed E-state index contributed by atoms with van der Waals surface area (Å²) in [6.45, 7) is 0. The van der Waals surface area contributed by atoms with E-state index in [9.17, 15) is 4.79 Å². The predicted octanol–water partition coefficient (Wildman–Crippen LogP) is 0.591. The number of nitrogens with two attached hydrogens (primary N) is 1. The minimum atomic E-state index is 0.251. The summed E-state index contributed by atoms with van der Waals surface area (Å²) in [6.07, 6.45) is 5.93. The van der Waals surface area contributed by atoms with E-state index < -0.39 is 0 Å². The maximum atomic E-state index is 10.5. The Labute approximate surface area is 86.5 Å². The minimum absolute atomic E-state index is 0.251. The van der Waals surface area contributed by atoms with Crippen LogP contribution in [0.15, 0.2) is 30.7 Å². The lowest BCUT2D eigenvalue weighted by Crippen LogP contribution is -2.04. The number of carbonyl (C=O) groups excluding carboxylic acids is 1. The van der Waals surface area contributed by atoms with Crippen molar-refractivity contribution in [3.63, 3.8) is 0 Å². The molecule has 0 saturated carbocycles. The fraction of sp³-hybridized carbons (Fsp3) is 0.100. The van der Waals surface area contributed by atoms with Crippen molar-refractivity contribution in [3.05, 3.63) is 36.4 Å². The van der Waals surface area contributed by atoms with Gasteiger partial charge in [-0.2, -0.15) is 5.10 Å². The van der Waals surface area contributed by atoms with Gasteiger partial charge in [-0.1, -0.05) is 0 Å². The smallest absolute Gasteiger partial charge is 0.126 e. The second kappa shape index (κ2) is 3.91. The molecule has 0 unspecified atom stereocenters. The van der Waals surface area contributed by atoms with Crippen LogP contribution in [0.25, 0.3) is 5.69 Å². The van der Waals surface area contributed by atoms with Gasteiger partial charge in [0.15, 0.2) is 0 Å². The first kappa shape index (κ1) is 9.39.